The molecule has 1 nitrogen and oxygen atoms in total. The highest BCUT2D eigenvalue weighted by atomic mass is 79.9. The van der Waals surface area contributed by atoms with Crippen molar-refractivity contribution in [2.24, 2.45) is 11.7 Å². The first-order chi connectivity index (χ1) is 6.81. The summed E-state index contributed by atoms with van der Waals surface area (Å²) in [5.74, 6) is 0.137. The van der Waals surface area contributed by atoms with Crippen molar-refractivity contribution in [2.75, 3.05) is 0 Å². The van der Waals surface area contributed by atoms with Gasteiger partial charge in [-0.3, -0.25) is 0 Å². The van der Waals surface area contributed by atoms with Gasteiger partial charge in [-0.2, -0.15) is 0 Å². The lowest BCUT2D eigenvalue weighted by Gasteiger charge is -2.29. The maximum Gasteiger partial charge on any atom is 0.124 e. The number of hydrogen-bond acceptors (Lipinski definition) is 1. The predicted molar refractivity (Wildman–Crippen MR) is 65.2 cm³/mol. The topological polar surface area (TPSA) is 26.0 Å². The van der Waals surface area contributed by atoms with Crippen molar-refractivity contribution in [2.45, 2.75) is 32.7 Å². The summed E-state index contributed by atoms with van der Waals surface area (Å²) in [6.45, 7) is 6.15. The normalized spacial score (nSPS) is 15.4. The summed E-state index contributed by atoms with van der Waals surface area (Å²) in [5, 5.41) is 0. The summed E-state index contributed by atoms with van der Waals surface area (Å²) in [6, 6.07) is 4.90. The van der Waals surface area contributed by atoms with Crippen LogP contribution in [0, 0.1) is 11.7 Å². The fraction of sp³-hybridized carbons (Fsp3) is 0.500. The molecule has 0 heterocycles. The Morgan fingerprint density at radius 2 is 2.00 bits per heavy atom. The van der Waals surface area contributed by atoms with E-state index in [0.717, 1.165) is 10.0 Å². The number of halogens is 2. The van der Waals surface area contributed by atoms with Gasteiger partial charge in [-0.15, -0.1) is 0 Å². The fourth-order valence-corrected chi connectivity index (χ4v) is 1.87. The van der Waals surface area contributed by atoms with Crippen molar-refractivity contribution in [1.82, 2.24) is 0 Å². The van der Waals surface area contributed by atoms with Crippen LogP contribution < -0.4 is 5.73 Å². The fourth-order valence-electron chi connectivity index (χ4n) is 1.36. The largest absolute Gasteiger partial charge is 0.325 e. The molecule has 2 N–H and O–H groups in total. The Hall–Kier alpha value is -0.410. The minimum absolute atomic E-state index is 0.223. The molecule has 0 saturated carbocycles. The zero-order valence-electron chi connectivity index (χ0n) is 9.35. The molecule has 0 aliphatic carbocycles. The van der Waals surface area contributed by atoms with Crippen LogP contribution >= 0.6 is 15.9 Å². The van der Waals surface area contributed by atoms with Crippen molar-refractivity contribution in [1.29, 1.82) is 0 Å². The van der Waals surface area contributed by atoms with Crippen LogP contribution in [0.2, 0.25) is 0 Å². The van der Waals surface area contributed by atoms with Gasteiger partial charge in [0.2, 0.25) is 0 Å². The molecule has 3 heteroatoms. The van der Waals surface area contributed by atoms with Crippen molar-refractivity contribution >= 4 is 15.9 Å². The second kappa shape index (κ2) is 4.62. The van der Waals surface area contributed by atoms with Gasteiger partial charge in [-0.25, -0.2) is 4.39 Å². The molecule has 0 fully saturated rings. The third kappa shape index (κ3) is 3.58. The summed E-state index contributed by atoms with van der Waals surface area (Å²) < 4.78 is 13.9. The zero-order valence-corrected chi connectivity index (χ0v) is 10.9. The van der Waals surface area contributed by atoms with Crippen LogP contribution in [0.3, 0.4) is 0 Å². The average Bonchev–Trinajstić information content (AvgIpc) is 1.99. The van der Waals surface area contributed by atoms with Crippen molar-refractivity contribution < 1.29 is 4.39 Å². The number of hydrogen-bond donors (Lipinski definition) is 1. The molecule has 0 spiro atoms. The van der Waals surface area contributed by atoms with Gasteiger partial charge in [-0.1, -0.05) is 29.8 Å². The van der Waals surface area contributed by atoms with Crippen LogP contribution in [0.1, 0.15) is 26.3 Å². The minimum Gasteiger partial charge on any atom is -0.325 e. The van der Waals surface area contributed by atoms with E-state index in [1.807, 2.05) is 13.0 Å². The van der Waals surface area contributed by atoms with Crippen LogP contribution in [0.5, 0.6) is 0 Å². The molecule has 0 bridgehead atoms. The maximum absolute atomic E-state index is 13.1. The van der Waals surface area contributed by atoms with Crippen LogP contribution in [0.15, 0.2) is 22.7 Å². The maximum atomic E-state index is 13.1. The first-order valence-electron chi connectivity index (χ1n) is 5.05. The number of benzene rings is 1. The Balaban J connectivity index is 2.89. The standard InChI is InChI=1S/C12H17BrFN/c1-8(2)12(3,15)7-9-4-10(13)6-11(14)5-9/h4-6,8H,7,15H2,1-3H3. The molecule has 0 aromatic heterocycles. The second-order valence-electron chi connectivity index (χ2n) is 4.61. The van der Waals surface area contributed by atoms with Crippen LogP contribution in [0.4, 0.5) is 4.39 Å². The first-order valence-corrected chi connectivity index (χ1v) is 5.84. The van der Waals surface area contributed by atoms with Gasteiger partial charge in [0.25, 0.3) is 0 Å². The highest BCUT2D eigenvalue weighted by Gasteiger charge is 2.23. The summed E-state index contributed by atoms with van der Waals surface area (Å²) in [7, 11) is 0. The van der Waals surface area contributed by atoms with E-state index in [0.29, 0.717) is 12.3 Å². The molecule has 1 aromatic carbocycles. The van der Waals surface area contributed by atoms with Gasteiger partial charge in [-0.05, 0) is 43.0 Å². The monoisotopic (exact) mass is 273 g/mol. The predicted octanol–water partition coefficient (Wildman–Crippen LogP) is 3.50. The third-order valence-electron chi connectivity index (χ3n) is 2.83. The Morgan fingerprint density at radius 1 is 1.40 bits per heavy atom. The lowest BCUT2D eigenvalue weighted by Crippen LogP contribution is -2.43. The molecule has 0 saturated heterocycles. The Kier molecular flexibility index (Phi) is 3.90. The van der Waals surface area contributed by atoms with E-state index in [1.165, 1.54) is 12.1 Å². The van der Waals surface area contributed by atoms with Gasteiger partial charge < -0.3 is 5.73 Å². The third-order valence-corrected chi connectivity index (χ3v) is 3.28. The van der Waals surface area contributed by atoms with Gasteiger partial charge in [0.1, 0.15) is 5.82 Å². The van der Waals surface area contributed by atoms with E-state index in [4.69, 9.17) is 5.73 Å². The molecular weight excluding hydrogens is 257 g/mol. The van der Waals surface area contributed by atoms with Crippen LogP contribution in [-0.2, 0) is 6.42 Å². The molecule has 1 unspecified atom stereocenters. The Labute approximate surface area is 99.0 Å². The number of nitrogens with two attached hydrogens (primary N) is 1. The van der Waals surface area contributed by atoms with E-state index < -0.39 is 0 Å². The zero-order chi connectivity index (χ0) is 11.6. The molecule has 15 heavy (non-hydrogen) atoms. The summed E-state index contributed by atoms with van der Waals surface area (Å²) in [4.78, 5) is 0. The molecule has 1 aromatic rings. The highest BCUT2D eigenvalue weighted by Crippen LogP contribution is 2.22. The first kappa shape index (κ1) is 12.7. The molecule has 0 aliphatic heterocycles. The van der Waals surface area contributed by atoms with E-state index in [-0.39, 0.29) is 11.4 Å². The van der Waals surface area contributed by atoms with Crippen molar-refractivity contribution in [3.05, 3.63) is 34.1 Å². The molecular formula is C12H17BrFN. The summed E-state index contributed by atoms with van der Waals surface area (Å²) in [5.41, 5.74) is 6.79. The number of rotatable bonds is 3. The van der Waals surface area contributed by atoms with E-state index in [9.17, 15) is 4.39 Å². The van der Waals surface area contributed by atoms with Gasteiger partial charge >= 0.3 is 0 Å². The van der Waals surface area contributed by atoms with E-state index in [2.05, 4.69) is 29.8 Å². The lowest BCUT2D eigenvalue weighted by atomic mass is 9.84. The van der Waals surface area contributed by atoms with Gasteiger partial charge in [0, 0.05) is 10.0 Å². The van der Waals surface area contributed by atoms with Crippen molar-refractivity contribution in [3.63, 3.8) is 0 Å². The van der Waals surface area contributed by atoms with E-state index in [1.54, 1.807) is 0 Å². The minimum atomic E-state index is -0.298. The molecule has 1 rings (SSSR count). The molecule has 84 valence electrons. The van der Waals surface area contributed by atoms with E-state index >= 15 is 0 Å². The molecule has 0 aliphatic rings. The Morgan fingerprint density at radius 3 is 2.47 bits per heavy atom. The second-order valence-corrected chi connectivity index (χ2v) is 5.53. The molecule has 1 atom stereocenters. The average molecular weight is 274 g/mol. The SMILES string of the molecule is CC(C)C(C)(N)Cc1cc(F)cc(Br)c1. The lowest BCUT2D eigenvalue weighted by molar-refractivity contribution is 0.337. The van der Waals surface area contributed by atoms with Gasteiger partial charge in [0.15, 0.2) is 0 Å². The van der Waals surface area contributed by atoms with Gasteiger partial charge in [0.05, 0.1) is 0 Å². The smallest absolute Gasteiger partial charge is 0.124 e. The molecule has 0 radical (unpaired) electrons. The van der Waals surface area contributed by atoms with Crippen LogP contribution in [0.25, 0.3) is 0 Å². The molecule has 0 amide bonds. The highest BCUT2D eigenvalue weighted by molar-refractivity contribution is 9.10. The van der Waals surface area contributed by atoms with Crippen LogP contribution in [-0.4, -0.2) is 5.54 Å². The van der Waals surface area contributed by atoms with Crippen molar-refractivity contribution in [3.8, 4) is 0 Å². The summed E-state index contributed by atoms with van der Waals surface area (Å²) in [6.07, 6.45) is 0.682. The summed E-state index contributed by atoms with van der Waals surface area (Å²) >= 11 is 3.28. The Bertz CT molecular complexity index is 327. The quantitative estimate of drug-likeness (QED) is 0.896.